The summed E-state index contributed by atoms with van der Waals surface area (Å²) in [4.78, 5) is 6.54. The number of aromatic nitrogens is 1. The van der Waals surface area contributed by atoms with Crippen LogP contribution in [0.1, 0.15) is 16.9 Å². The first kappa shape index (κ1) is 13.1. The van der Waals surface area contributed by atoms with Crippen LogP contribution in [0.4, 0.5) is 5.13 Å². The normalized spacial score (nSPS) is 11.6. The van der Waals surface area contributed by atoms with Crippen LogP contribution >= 0.6 is 11.3 Å². The van der Waals surface area contributed by atoms with Crippen molar-refractivity contribution in [3.05, 3.63) is 47.4 Å². The molecule has 0 radical (unpaired) electrons. The largest absolute Gasteiger partial charge is 0.469 e. The van der Waals surface area contributed by atoms with Gasteiger partial charge in [0.15, 0.2) is 5.13 Å². The van der Waals surface area contributed by atoms with Crippen molar-refractivity contribution in [2.45, 2.75) is 20.0 Å². The molecule has 1 aromatic carbocycles. The number of hydrogen-bond donors (Lipinski definition) is 1. The van der Waals surface area contributed by atoms with Crippen LogP contribution < -0.4 is 5.73 Å². The van der Waals surface area contributed by atoms with E-state index >= 15 is 0 Å². The molecule has 3 rings (SSSR count). The van der Waals surface area contributed by atoms with Crippen LogP contribution in [0.15, 0.2) is 34.9 Å². The maximum Gasteiger partial charge on any atom is 0.181 e. The molecule has 20 heavy (non-hydrogen) atoms. The number of anilines is 1. The van der Waals surface area contributed by atoms with E-state index in [1.807, 2.05) is 19.1 Å². The van der Waals surface area contributed by atoms with Crippen molar-refractivity contribution in [3.63, 3.8) is 0 Å². The Labute approximate surface area is 121 Å². The summed E-state index contributed by atoms with van der Waals surface area (Å²) in [5.41, 5.74) is 9.21. The quantitative estimate of drug-likeness (QED) is 0.799. The van der Waals surface area contributed by atoms with E-state index in [-0.39, 0.29) is 0 Å². The Kier molecular flexibility index (Phi) is 3.46. The maximum absolute atomic E-state index is 5.74. The highest BCUT2D eigenvalue weighted by molar-refractivity contribution is 7.22. The van der Waals surface area contributed by atoms with Gasteiger partial charge in [-0.15, -0.1) is 0 Å². The number of thiazole rings is 1. The highest BCUT2D eigenvalue weighted by atomic mass is 32.1. The molecule has 4 nitrogen and oxygen atoms in total. The fourth-order valence-electron chi connectivity index (χ4n) is 2.32. The Morgan fingerprint density at radius 3 is 2.90 bits per heavy atom. The van der Waals surface area contributed by atoms with Gasteiger partial charge >= 0.3 is 0 Å². The van der Waals surface area contributed by atoms with E-state index in [1.54, 1.807) is 6.26 Å². The number of furan rings is 1. The minimum atomic E-state index is 0.625. The summed E-state index contributed by atoms with van der Waals surface area (Å²) < 4.78 is 6.48. The molecule has 2 aromatic heterocycles. The predicted octanol–water partition coefficient (Wildman–Crippen LogP) is 3.41. The first-order valence-electron chi connectivity index (χ1n) is 6.48. The second kappa shape index (κ2) is 5.26. The summed E-state index contributed by atoms with van der Waals surface area (Å²) >= 11 is 1.53. The van der Waals surface area contributed by atoms with Crippen molar-refractivity contribution in [2.75, 3.05) is 12.8 Å². The monoisotopic (exact) mass is 287 g/mol. The molecule has 104 valence electrons. The van der Waals surface area contributed by atoms with Crippen LogP contribution in [0.25, 0.3) is 10.2 Å². The minimum absolute atomic E-state index is 0.625. The first-order chi connectivity index (χ1) is 9.61. The summed E-state index contributed by atoms with van der Waals surface area (Å²) in [6.45, 7) is 3.76. The highest BCUT2D eigenvalue weighted by Gasteiger charge is 2.08. The van der Waals surface area contributed by atoms with Gasteiger partial charge in [0, 0.05) is 18.7 Å². The maximum atomic E-state index is 5.74. The third-order valence-corrected chi connectivity index (χ3v) is 4.18. The Bertz CT molecular complexity index is 732. The summed E-state index contributed by atoms with van der Waals surface area (Å²) in [5.74, 6) is 0.988. The van der Waals surface area contributed by atoms with Gasteiger partial charge in [-0.3, -0.25) is 4.90 Å². The molecular weight excluding hydrogens is 270 g/mol. The van der Waals surface area contributed by atoms with Crippen molar-refractivity contribution in [1.29, 1.82) is 0 Å². The summed E-state index contributed by atoms with van der Waals surface area (Å²) in [6.07, 6.45) is 1.74. The van der Waals surface area contributed by atoms with Crippen LogP contribution in [0, 0.1) is 6.92 Å². The molecule has 3 aromatic rings. The van der Waals surface area contributed by atoms with Gasteiger partial charge in [0.25, 0.3) is 0 Å². The zero-order chi connectivity index (χ0) is 14.1. The van der Waals surface area contributed by atoms with Gasteiger partial charge in [0.1, 0.15) is 5.76 Å². The highest BCUT2D eigenvalue weighted by Crippen LogP contribution is 2.25. The molecule has 0 atom stereocenters. The van der Waals surface area contributed by atoms with Crippen molar-refractivity contribution in [3.8, 4) is 0 Å². The minimum Gasteiger partial charge on any atom is -0.469 e. The number of nitrogen functional groups attached to an aromatic ring is 1. The third-order valence-electron chi connectivity index (χ3n) is 3.33. The van der Waals surface area contributed by atoms with Crippen LogP contribution in [0.2, 0.25) is 0 Å². The van der Waals surface area contributed by atoms with E-state index in [2.05, 4.69) is 29.1 Å². The van der Waals surface area contributed by atoms with E-state index < -0.39 is 0 Å². The van der Waals surface area contributed by atoms with E-state index in [0.29, 0.717) is 5.13 Å². The Morgan fingerprint density at radius 1 is 1.30 bits per heavy atom. The smallest absolute Gasteiger partial charge is 0.181 e. The molecular formula is C15H17N3OS. The third kappa shape index (κ3) is 2.69. The van der Waals surface area contributed by atoms with Crippen molar-refractivity contribution < 1.29 is 4.42 Å². The summed E-state index contributed by atoms with van der Waals surface area (Å²) in [6, 6.07) is 8.34. The van der Waals surface area contributed by atoms with Crippen molar-refractivity contribution >= 4 is 26.7 Å². The topological polar surface area (TPSA) is 55.3 Å². The summed E-state index contributed by atoms with van der Waals surface area (Å²) in [7, 11) is 2.11. The SMILES string of the molecule is Cc1occc1CN(C)Cc1ccc2nc(N)sc2c1. The molecule has 0 saturated heterocycles. The lowest BCUT2D eigenvalue weighted by Gasteiger charge is -2.16. The standard InChI is InChI=1S/C15H17N3OS/c1-10-12(5-6-19-10)9-18(2)8-11-3-4-13-14(7-11)20-15(16)17-13/h3-7H,8-9H2,1-2H3,(H2,16,17). The number of fused-ring (bicyclic) bond motifs is 1. The van der Waals surface area contributed by atoms with Gasteiger partial charge in [-0.2, -0.15) is 0 Å². The van der Waals surface area contributed by atoms with E-state index in [4.69, 9.17) is 10.2 Å². The number of rotatable bonds is 4. The average Bonchev–Trinajstić information content (AvgIpc) is 2.94. The van der Waals surface area contributed by atoms with E-state index in [0.717, 1.165) is 29.1 Å². The molecule has 0 aliphatic heterocycles. The molecule has 5 heteroatoms. The second-order valence-electron chi connectivity index (χ2n) is 5.03. The van der Waals surface area contributed by atoms with Crippen LogP contribution in [-0.2, 0) is 13.1 Å². The Hall–Kier alpha value is -1.85. The number of nitrogens with two attached hydrogens (primary N) is 1. The first-order valence-corrected chi connectivity index (χ1v) is 7.30. The number of benzene rings is 1. The van der Waals surface area contributed by atoms with Crippen LogP contribution in [-0.4, -0.2) is 16.9 Å². The molecule has 2 N–H and O–H groups in total. The van der Waals surface area contributed by atoms with Gasteiger partial charge in [0.2, 0.25) is 0 Å². The second-order valence-corrected chi connectivity index (χ2v) is 6.09. The van der Waals surface area contributed by atoms with Gasteiger partial charge in [-0.25, -0.2) is 4.98 Å². The van der Waals surface area contributed by atoms with Crippen molar-refractivity contribution in [2.24, 2.45) is 0 Å². The molecule has 0 unspecified atom stereocenters. The molecule has 0 saturated carbocycles. The average molecular weight is 287 g/mol. The Balaban J connectivity index is 1.73. The number of aryl methyl sites for hydroxylation is 1. The lowest BCUT2D eigenvalue weighted by atomic mass is 10.2. The number of nitrogens with zero attached hydrogens (tertiary/aromatic N) is 2. The molecule has 0 spiro atoms. The van der Waals surface area contributed by atoms with Crippen LogP contribution in [0.3, 0.4) is 0 Å². The molecule has 0 aliphatic rings. The fraction of sp³-hybridized carbons (Fsp3) is 0.267. The van der Waals surface area contributed by atoms with E-state index in [9.17, 15) is 0 Å². The molecule has 0 fully saturated rings. The van der Waals surface area contributed by atoms with Gasteiger partial charge in [-0.05, 0) is 37.7 Å². The number of hydrogen-bond acceptors (Lipinski definition) is 5. The van der Waals surface area contributed by atoms with Gasteiger partial charge in [-0.1, -0.05) is 17.4 Å². The van der Waals surface area contributed by atoms with Gasteiger partial charge in [0.05, 0.1) is 16.5 Å². The van der Waals surface area contributed by atoms with Crippen LogP contribution in [0.5, 0.6) is 0 Å². The zero-order valence-corrected chi connectivity index (χ0v) is 12.4. The molecule has 2 heterocycles. The lowest BCUT2D eigenvalue weighted by Crippen LogP contribution is -2.17. The molecule has 0 amide bonds. The van der Waals surface area contributed by atoms with Gasteiger partial charge < -0.3 is 10.2 Å². The zero-order valence-electron chi connectivity index (χ0n) is 11.6. The Morgan fingerprint density at radius 2 is 2.15 bits per heavy atom. The fourth-order valence-corrected chi connectivity index (χ4v) is 3.12. The predicted molar refractivity (Wildman–Crippen MR) is 82.6 cm³/mol. The van der Waals surface area contributed by atoms with E-state index in [1.165, 1.54) is 22.5 Å². The van der Waals surface area contributed by atoms with Crippen molar-refractivity contribution in [1.82, 2.24) is 9.88 Å². The molecule has 0 aliphatic carbocycles. The molecule has 0 bridgehead atoms. The lowest BCUT2D eigenvalue weighted by molar-refractivity contribution is 0.316. The summed E-state index contributed by atoms with van der Waals surface area (Å²) in [5, 5.41) is 0.625.